The number of halogens is 1. The van der Waals surface area contributed by atoms with Gasteiger partial charge in [-0.3, -0.25) is 4.79 Å². The maximum Gasteiger partial charge on any atom is 0.322 e. The summed E-state index contributed by atoms with van der Waals surface area (Å²) in [4.78, 5) is 31.9. The molecule has 1 N–H and O–H groups in total. The average molecular weight is 568 g/mol. The van der Waals surface area contributed by atoms with Crippen molar-refractivity contribution in [3.63, 3.8) is 0 Å². The van der Waals surface area contributed by atoms with E-state index in [9.17, 15) is 9.59 Å². The topological polar surface area (TPSA) is 71.1 Å². The minimum Gasteiger partial charge on any atom is -0.491 e. The standard InChI is InChI=1S/C30H34ClN3O4S/c1-20-8-9-27(21(2)15-20)38-19-26-25-11-14-39-28(25)10-12-34(26)29(35)18-33(17-24-7-4-13-37-24)30(36)32-23-6-3-5-22(31)16-23/h3,5-6,8-9,11,14-16,24,26H,4,7,10,12-13,17-19H2,1-2H3,(H,32,36)/t24-,26-/m0/s1. The first-order chi connectivity index (χ1) is 18.9. The lowest BCUT2D eigenvalue weighted by Crippen LogP contribution is -2.50. The zero-order valence-electron chi connectivity index (χ0n) is 22.3. The van der Waals surface area contributed by atoms with E-state index >= 15 is 0 Å². The molecule has 7 nitrogen and oxygen atoms in total. The fourth-order valence-electron chi connectivity index (χ4n) is 5.28. The van der Waals surface area contributed by atoms with Crippen molar-refractivity contribution in [2.45, 2.75) is 45.3 Å². The molecule has 2 aromatic carbocycles. The fourth-order valence-corrected chi connectivity index (χ4v) is 6.40. The molecule has 0 saturated carbocycles. The van der Waals surface area contributed by atoms with Gasteiger partial charge in [-0.1, -0.05) is 35.4 Å². The zero-order valence-corrected chi connectivity index (χ0v) is 23.9. The molecule has 3 aromatic rings. The van der Waals surface area contributed by atoms with Crippen LogP contribution in [0.1, 0.15) is 40.5 Å². The molecule has 0 spiro atoms. The van der Waals surface area contributed by atoms with Gasteiger partial charge in [-0.25, -0.2) is 4.79 Å². The molecule has 5 rings (SSSR count). The fraction of sp³-hybridized carbons (Fsp3) is 0.400. The Bertz CT molecular complexity index is 1320. The SMILES string of the molecule is Cc1ccc(OC[C@H]2c3ccsc3CCN2C(=O)CN(C[C@@H]2CCCO2)C(=O)Nc2cccc(Cl)c2)c(C)c1. The molecule has 39 heavy (non-hydrogen) atoms. The Morgan fingerprint density at radius 3 is 2.85 bits per heavy atom. The number of hydrogen-bond donors (Lipinski definition) is 1. The summed E-state index contributed by atoms with van der Waals surface area (Å²) in [5, 5.41) is 5.50. The van der Waals surface area contributed by atoms with E-state index in [-0.39, 0.29) is 30.6 Å². The van der Waals surface area contributed by atoms with Gasteiger partial charge >= 0.3 is 6.03 Å². The maximum atomic E-state index is 13.8. The quantitative estimate of drug-likeness (QED) is 0.350. The number of thiophene rings is 1. The van der Waals surface area contributed by atoms with Gasteiger partial charge in [0.2, 0.25) is 5.91 Å². The minimum absolute atomic E-state index is 0.0498. The summed E-state index contributed by atoms with van der Waals surface area (Å²) in [7, 11) is 0. The molecule has 206 valence electrons. The van der Waals surface area contributed by atoms with Crippen molar-refractivity contribution in [2.75, 3.05) is 38.2 Å². The molecule has 3 amide bonds. The van der Waals surface area contributed by atoms with E-state index in [0.717, 1.165) is 36.1 Å². The van der Waals surface area contributed by atoms with Crippen LogP contribution >= 0.6 is 22.9 Å². The highest BCUT2D eigenvalue weighted by Crippen LogP contribution is 2.34. The Hall–Kier alpha value is -3.07. The number of nitrogens with zero attached hydrogens (tertiary/aromatic N) is 2. The number of rotatable bonds is 8. The van der Waals surface area contributed by atoms with Crippen LogP contribution in [0.15, 0.2) is 53.9 Å². The van der Waals surface area contributed by atoms with Crippen molar-refractivity contribution < 1.29 is 19.1 Å². The number of urea groups is 1. The number of fused-ring (bicyclic) bond motifs is 1. The molecule has 1 aromatic heterocycles. The lowest BCUT2D eigenvalue weighted by Gasteiger charge is -2.37. The highest BCUT2D eigenvalue weighted by atomic mass is 35.5. The second-order valence-electron chi connectivity index (χ2n) is 10.2. The van der Waals surface area contributed by atoms with E-state index in [4.69, 9.17) is 21.1 Å². The zero-order chi connectivity index (χ0) is 27.4. The highest BCUT2D eigenvalue weighted by molar-refractivity contribution is 7.10. The van der Waals surface area contributed by atoms with Crippen molar-refractivity contribution in [2.24, 2.45) is 0 Å². The average Bonchev–Trinajstić information content (AvgIpc) is 3.60. The van der Waals surface area contributed by atoms with E-state index < -0.39 is 0 Å². The van der Waals surface area contributed by atoms with Crippen LogP contribution in [0.2, 0.25) is 5.02 Å². The minimum atomic E-state index is -0.350. The van der Waals surface area contributed by atoms with Gasteiger partial charge in [0.25, 0.3) is 0 Å². The third-order valence-electron chi connectivity index (χ3n) is 7.28. The van der Waals surface area contributed by atoms with Crippen LogP contribution in [-0.2, 0) is 16.0 Å². The summed E-state index contributed by atoms with van der Waals surface area (Å²) in [5.41, 5.74) is 3.95. The molecule has 2 atom stereocenters. The number of carbonyl (C=O) groups is 2. The molecular formula is C30H34ClN3O4S. The van der Waals surface area contributed by atoms with Crippen molar-refractivity contribution in [3.05, 3.63) is 80.5 Å². The number of aryl methyl sites for hydroxylation is 2. The Labute approximate surface area is 238 Å². The summed E-state index contributed by atoms with van der Waals surface area (Å²) < 4.78 is 12.1. The van der Waals surface area contributed by atoms with Gasteiger partial charge in [0, 0.05) is 35.3 Å². The van der Waals surface area contributed by atoms with E-state index in [1.807, 2.05) is 24.0 Å². The molecule has 3 heterocycles. The monoisotopic (exact) mass is 567 g/mol. The maximum absolute atomic E-state index is 13.8. The summed E-state index contributed by atoms with van der Waals surface area (Å²) >= 11 is 7.83. The van der Waals surface area contributed by atoms with Crippen LogP contribution < -0.4 is 10.1 Å². The Morgan fingerprint density at radius 1 is 1.21 bits per heavy atom. The Kier molecular flexibility index (Phi) is 8.75. The van der Waals surface area contributed by atoms with E-state index in [1.165, 1.54) is 10.4 Å². The molecular weight excluding hydrogens is 534 g/mol. The largest absolute Gasteiger partial charge is 0.491 e. The van der Waals surface area contributed by atoms with Gasteiger partial charge in [-0.2, -0.15) is 0 Å². The van der Waals surface area contributed by atoms with E-state index in [1.54, 1.807) is 40.5 Å². The smallest absolute Gasteiger partial charge is 0.322 e. The van der Waals surface area contributed by atoms with Gasteiger partial charge in [-0.15, -0.1) is 11.3 Å². The lowest BCUT2D eigenvalue weighted by molar-refractivity contribution is -0.135. The molecule has 2 aliphatic rings. The summed E-state index contributed by atoms with van der Waals surface area (Å²) in [6, 6.07) is 14.6. The number of carbonyl (C=O) groups excluding carboxylic acids is 2. The van der Waals surface area contributed by atoms with Gasteiger partial charge in [0.1, 0.15) is 18.9 Å². The first-order valence-corrected chi connectivity index (χ1v) is 14.6. The van der Waals surface area contributed by atoms with E-state index in [2.05, 4.69) is 29.8 Å². The van der Waals surface area contributed by atoms with Crippen molar-refractivity contribution in [1.29, 1.82) is 0 Å². The molecule has 2 aliphatic heterocycles. The molecule has 0 bridgehead atoms. The second-order valence-corrected chi connectivity index (χ2v) is 11.6. The predicted octanol–water partition coefficient (Wildman–Crippen LogP) is 6.24. The second kappa shape index (κ2) is 12.4. The Balaban J connectivity index is 1.33. The number of amides is 3. The number of hydrogen-bond acceptors (Lipinski definition) is 5. The van der Waals surface area contributed by atoms with Crippen LogP contribution in [0, 0.1) is 13.8 Å². The molecule has 0 radical (unpaired) electrons. The van der Waals surface area contributed by atoms with Crippen LogP contribution in [0.5, 0.6) is 5.75 Å². The van der Waals surface area contributed by atoms with Crippen molar-refractivity contribution in [1.82, 2.24) is 9.80 Å². The number of benzene rings is 2. The number of ether oxygens (including phenoxy) is 2. The van der Waals surface area contributed by atoms with Crippen LogP contribution in [-0.4, -0.2) is 60.7 Å². The van der Waals surface area contributed by atoms with Gasteiger partial charge in [0.05, 0.1) is 12.1 Å². The van der Waals surface area contributed by atoms with Gasteiger partial charge in [0.15, 0.2) is 0 Å². The van der Waals surface area contributed by atoms with Crippen molar-refractivity contribution >= 4 is 40.6 Å². The Morgan fingerprint density at radius 2 is 2.08 bits per heavy atom. The predicted molar refractivity (Wildman–Crippen MR) is 155 cm³/mol. The molecule has 9 heteroatoms. The molecule has 0 unspecified atom stereocenters. The molecule has 1 fully saturated rings. The molecule has 1 saturated heterocycles. The van der Waals surface area contributed by atoms with Crippen LogP contribution in [0.25, 0.3) is 0 Å². The number of anilines is 1. The summed E-state index contributed by atoms with van der Waals surface area (Å²) in [6.07, 6.45) is 2.52. The highest BCUT2D eigenvalue weighted by Gasteiger charge is 2.34. The lowest BCUT2D eigenvalue weighted by atomic mass is 10.00. The number of nitrogens with one attached hydrogen (secondary N) is 1. The third kappa shape index (κ3) is 6.75. The summed E-state index contributed by atoms with van der Waals surface area (Å²) in [6.45, 7) is 5.99. The summed E-state index contributed by atoms with van der Waals surface area (Å²) in [5.74, 6) is 0.705. The first-order valence-electron chi connectivity index (χ1n) is 13.4. The van der Waals surface area contributed by atoms with Gasteiger partial charge < -0.3 is 24.6 Å². The molecule has 0 aliphatic carbocycles. The van der Waals surface area contributed by atoms with E-state index in [0.29, 0.717) is 37.0 Å². The third-order valence-corrected chi connectivity index (χ3v) is 8.51. The van der Waals surface area contributed by atoms with Gasteiger partial charge in [-0.05, 0) is 79.9 Å². The van der Waals surface area contributed by atoms with Crippen LogP contribution in [0.3, 0.4) is 0 Å². The normalized spacial score (nSPS) is 18.5. The first kappa shape index (κ1) is 27.5. The van der Waals surface area contributed by atoms with Crippen molar-refractivity contribution in [3.8, 4) is 5.75 Å². The van der Waals surface area contributed by atoms with Crippen LogP contribution in [0.4, 0.5) is 10.5 Å².